The Labute approximate surface area is 165 Å². The number of rotatable bonds is 4. The lowest BCUT2D eigenvalue weighted by atomic mass is 10.2. The van der Waals surface area contributed by atoms with Crippen LogP contribution in [0.1, 0.15) is 0 Å². The Morgan fingerprint density at radius 3 is 2.28 bits per heavy atom. The van der Waals surface area contributed by atoms with Crippen molar-refractivity contribution in [2.45, 2.75) is 6.54 Å². The van der Waals surface area contributed by atoms with Crippen LogP contribution in [0.2, 0.25) is 0 Å². The van der Waals surface area contributed by atoms with Crippen molar-refractivity contribution < 1.29 is 28.5 Å². The van der Waals surface area contributed by atoms with Crippen LogP contribution in [0.3, 0.4) is 0 Å². The first-order chi connectivity index (χ1) is 14.0. The van der Waals surface area contributed by atoms with Gasteiger partial charge in [-0.3, -0.25) is 4.79 Å². The second-order valence-corrected chi connectivity index (χ2v) is 6.45. The van der Waals surface area contributed by atoms with Gasteiger partial charge in [-0.05, 0) is 34.9 Å². The number of nitrogens with one attached hydrogen (secondary N) is 1. The molecule has 0 aliphatic rings. The molecule has 0 fully saturated rings. The lowest BCUT2D eigenvalue weighted by Crippen LogP contribution is -2.49. The smallest absolute Gasteiger partial charge is 0.459 e. The minimum Gasteiger partial charge on any atom is -0.459 e. The Kier molecular flexibility index (Phi) is 4.78. The number of carbonyl (C=O) groups excluding carboxylic acids is 1. The topological polar surface area (TPSA) is 77.3 Å². The van der Waals surface area contributed by atoms with E-state index in [4.69, 9.17) is 0 Å². The van der Waals surface area contributed by atoms with Gasteiger partial charge in [-0.1, -0.05) is 34.9 Å². The third-order valence-corrected chi connectivity index (χ3v) is 4.53. The van der Waals surface area contributed by atoms with Crippen molar-refractivity contribution >= 4 is 22.5 Å². The molecule has 6 nitrogen and oxygen atoms in total. The summed E-state index contributed by atoms with van der Waals surface area (Å²) in [7, 11) is 0. The van der Waals surface area contributed by atoms with Gasteiger partial charge in [0, 0.05) is 23.9 Å². The predicted octanol–water partition coefficient (Wildman–Crippen LogP) is 2.59. The number of hydrogen-bond acceptors (Lipinski definition) is 3. The van der Waals surface area contributed by atoms with Crippen molar-refractivity contribution in [2.75, 3.05) is 5.32 Å². The molecule has 144 valence electrons. The highest BCUT2D eigenvalue weighted by Gasteiger charge is 2.36. The number of nitrogens with zero attached hydrogens (tertiary/aromatic N) is 2. The third-order valence-electron chi connectivity index (χ3n) is 4.53. The van der Waals surface area contributed by atoms with Gasteiger partial charge >= 0.3 is 11.9 Å². The van der Waals surface area contributed by atoms with E-state index in [1.54, 1.807) is 48.5 Å². The summed E-state index contributed by atoms with van der Waals surface area (Å²) in [5.74, 6) is -0.949. The van der Waals surface area contributed by atoms with Gasteiger partial charge < -0.3 is 15.5 Å². The largest absolute Gasteiger partial charge is 0.638 e. The molecule has 0 saturated heterocycles. The third kappa shape index (κ3) is 3.58. The van der Waals surface area contributed by atoms with Crippen LogP contribution in [0.5, 0.6) is 11.9 Å². The Morgan fingerprint density at radius 1 is 0.897 bits per heavy atom. The van der Waals surface area contributed by atoms with E-state index in [0.717, 1.165) is 0 Å². The summed E-state index contributed by atoms with van der Waals surface area (Å²) >= 11 is 0. The summed E-state index contributed by atoms with van der Waals surface area (Å²) < 4.78 is 15.7. The quantitative estimate of drug-likeness (QED) is 0.468. The Bertz CT molecular complexity index is 1200. The van der Waals surface area contributed by atoms with E-state index in [9.17, 15) is 19.4 Å². The Balaban J connectivity index is 1.79. The molecule has 1 aromatic heterocycles. The van der Waals surface area contributed by atoms with Gasteiger partial charge in [-0.25, -0.2) is 4.39 Å². The molecule has 7 heteroatoms. The second kappa shape index (κ2) is 7.55. The number of benzene rings is 3. The number of carbonyl (C=O) groups is 1. The van der Waals surface area contributed by atoms with Gasteiger partial charge in [0.15, 0.2) is 5.39 Å². The number of fused-ring (bicyclic) bond motifs is 1. The molecule has 0 unspecified atom stereocenters. The maximum atomic E-state index is 13.1. The molecular weight excluding hydrogens is 373 g/mol. The molecule has 0 saturated carbocycles. The summed E-state index contributed by atoms with van der Waals surface area (Å²) in [5.41, 5.74) is 1.47. The molecule has 0 radical (unpaired) electrons. The standard InChI is InChI=1S/C22H16FN3O3/c23-15-10-12-16(13-11-15)24-20(27)14-25-19-9-5-4-8-18(19)21(28)26(22(25)29)17-6-2-1-3-7-17/h1-13H,14H2,(H,24,27)/p+2. The highest BCUT2D eigenvalue weighted by Crippen LogP contribution is 2.22. The maximum absolute atomic E-state index is 13.1. The highest BCUT2D eigenvalue weighted by atomic mass is 19.1. The van der Waals surface area contributed by atoms with Crippen molar-refractivity contribution in [1.82, 2.24) is 0 Å². The summed E-state index contributed by atoms with van der Waals surface area (Å²) in [6.45, 7) is -0.211. The molecule has 0 aliphatic heterocycles. The molecule has 1 amide bonds. The molecule has 0 aliphatic carbocycles. The molecule has 4 aromatic rings. The summed E-state index contributed by atoms with van der Waals surface area (Å²) in [4.78, 5) is 12.6. The average molecular weight is 391 g/mol. The van der Waals surface area contributed by atoms with Crippen LogP contribution in [0, 0.1) is 5.82 Å². The van der Waals surface area contributed by atoms with Crippen LogP contribution < -0.4 is 14.5 Å². The van der Waals surface area contributed by atoms with Crippen LogP contribution in [-0.2, 0) is 11.3 Å². The predicted molar refractivity (Wildman–Crippen MR) is 104 cm³/mol. The van der Waals surface area contributed by atoms with Crippen molar-refractivity contribution in [3.05, 3.63) is 84.7 Å². The molecule has 4 rings (SSSR count). The van der Waals surface area contributed by atoms with E-state index >= 15 is 0 Å². The van der Waals surface area contributed by atoms with Crippen LogP contribution in [0.25, 0.3) is 16.6 Å². The lowest BCUT2D eigenvalue weighted by Gasteiger charge is -2.06. The molecule has 3 N–H and O–H groups in total. The van der Waals surface area contributed by atoms with Crippen molar-refractivity contribution in [2.24, 2.45) is 0 Å². The molecule has 29 heavy (non-hydrogen) atoms. The first kappa shape index (κ1) is 18.4. The fourth-order valence-electron chi connectivity index (χ4n) is 3.19. The van der Waals surface area contributed by atoms with Crippen molar-refractivity contribution in [1.29, 1.82) is 0 Å². The Hall–Kier alpha value is -4.00. The van der Waals surface area contributed by atoms with Gasteiger partial charge in [-0.2, -0.15) is 0 Å². The number of hydrogen-bond donors (Lipinski definition) is 3. The molecule has 0 atom stereocenters. The zero-order chi connectivity index (χ0) is 20.4. The molecule has 3 aromatic carbocycles. The second-order valence-electron chi connectivity index (χ2n) is 6.45. The van der Waals surface area contributed by atoms with Crippen LogP contribution in [-0.4, -0.2) is 16.1 Å². The fraction of sp³-hybridized carbons (Fsp3) is 0.0455. The molecular formula is C22H18FN3O3+2. The average Bonchev–Trinajstić information content (AvgIpc) is 2.74. The molecule has 1 heterocycles. The lowest BCUT2D eigenvalue weighted by molar-refractivity contribution is -0.774. The zero-order valence-electron chi connectivity index (χ0n) is 15.3. The van der Waals surface area contributed by atoms with E-state index in [0.29, 0.717) is 22.3 Å². The molecule has 0 spiro atoms. The Morgan fingerprint density at radius 2 is 1.55 bits per heavy atom. The number of para-hydroxylation sites is 2. The first-order valence-corrected chi connectivity index (χ1v) is 8.94. The van der Waals surface area contributed by atoms with E-state index in [1.807, 2.05) is 6.07 Å². The van der Waals surface area contributed by atoms with E-state index in [2.05, 4.69) is 5.32 Å². The SMILES string of the molecule is O=C(C[n+]1c(O)[n+](-c2ccccc2)c(O)c2ccccc21)Nc1ccc(F)cc1. The van der Waals surface area contributed by atoms with Gasteiger partial charge in [0.2, 0.25) is 17.7 Å². The zero-order valence-corrected chi connectivity index (χ0v) is 15.3. The minimum atomic E-state index is -0.410. The number of amides is 1. The number of anilines is 1. The van der Waals surface area contributed by atoms with Crippen LogP contribution in [0.15, 0.2) is 78.9 Å². The van der Waals surface area contributed by atoms with E-state index in [1.165, 1.54) is 33.4 Å². The van der Waals surface area contributed by atoms with Crippen LogP contribution in [0.4, 0.5) is 10.1 Å². The van der Waals surface area contributed by atoms with Crippen molar-refractivity contribution in [3.63, 3.8) is 0 Å². The fourth-order valence-corrected chi connectivity index (χ4v) is 3.19. The molecule has 0 bridgehead atoms. The van der Waals surface area contributed by atoms with Gasteiger partial charge in [-0.15, -0.1) is 0 Å². The summed E-state index contributed by atoms with van der Waals surface area (Å²) in [5, 5.41) is 24.8. The number of halogens is 1. The monoisotopic (exact) mass is 391 g/mol. The summed E-state index contributed by atoms with van der Waals surface area (Å²) in [6.07, 6.45) is 0. The first-order valence-electron chi connectivity index (χ1n) is 8.94. The minimum absolute atomic E-state index is 0.139. The maximum Gasteiger partial charge on any atom is 0.638 e. The van der Waals surface area contributed by atoms with Crippen molar-refractivity contribution in [3.8, 4) is 17.6 Å². The highest BCUT2D eigenvalue weighted by molar-refractivity contribution is 5.90. The number of aromatic hydroxyl groups is 2. The van der Waals surface area contributed by atoms with Gasteiger partial charge in [0.1, 0.15) is 5.82 Å². The van der Waals surface area contributed by atoms with Gasteiger partial charge in [0.25, 0.3) is 5.91 Å². The van der Waals surface area contributed by atoms with E-state index in [-0.39, 0.29) is 18.4 Å². The van der Waals surface area contributed by atoms with Crippen LogP contribution >= 0.6 is 0 Å². The number of aromatic nitrogens is 2. The summed E-state index contributed by atoms with van der Waals surface area (Å²) in [6, 6.07) is 20.9. The van der Waals surface area contributed by atoms with Gasteiger partial charge in [0.05, 0.1) is 0 Å². The van der Waals surface area contributed by atoms with E-state index < -0.39 is 11.7 Å². The normalized spacial score (nSPS) is 10.8.